The third kappa shape index (κ3) is 5.95. The molecule has 0 saturated carbocycles. The molecule has 0 bridgehead atoms. The number of rotatable bonds is 11. The number of aromatic nitrogens is 2. The minimum absolute atomic E-state index is 0.0368. The van der Waals surface area contributed by atoms with Crippen LogP contribution in [-0.2, 0) is 29.4 Å². The van der Waals surface area contributed by atoms with E-state index in [-0.39, 0.29) is 30.9 Å². The van der Waals surface area contributed by atoms with Crippen molar-refractivity contribution in [1.29, 1.82) is 0 Å². The van der Waals surface area contributed by atoms with Crippen LogP contribution in [0.25, 0.3) is 43.6 Å². The summed E-state index contributed by atoms with van der Waals surface area (Å²) >= 11 is 0. The molecule has 0 radical (unpaired) electrons. The normalized spacial score (nSPS) is 19.2. The van der Waals surface area contributed by atoms with Gasteiger partial charge in [-0.1, -0.05) is 115 Å². The second-order valence-corrected chi connectivity index (χ2v) is 14.9. The lowest BCUT2D eigenvalue weighted by atomic mass is 9.96. The van der Waals surface area contributed by atoms with Gasteiger partial charge < -0.3 is 39.1 Å². The van der Waals surface area contributed by atoms with E-state index in [0.29, 0.717) is 55.1 Å². The van der Waals surface area contributed by atoms with Crippen molar-refractivity contribution in [2.24, 2.45) is 0 Å². The summed E-state index contributed by atoms with van der Waals surface area (Å²) in [4.78, 5) is 39.2. The Morgan fingerprint density at radius 1 is 0.644 bits per heavy atom. The molecule has 1 saturated heterocycles. The molecule has 6 aromatic carbocycles. The van der Waals surface area contributed by atoms with Crippen molar-refractivity contribution in [1.82, 2.24) is 14.6 Å². The van der Waals surface area contributed by atoms with Gasteiger partial charge in [-0.05, 0) is 35.2 Å². The summed E-state index contributed by atoms with van der Waals surface area (Å²) in [6, 6.07) is 37.9. The van der Waals surface area contributed by atoms with Crippen LogP contribution < -0.4 is 9.47 Å². The fourth-order valence-electron chi connectivity index (χ4n) is 8.52. The topological polar surface area (TPSA) is 156 Å². The molecular weight excluding hydrogens is 751 g/mol. The Labute approximate surface area is 337 Å². The van der Waals surface area contributed by atoms with Crippen LogP contribution in [0, 0.1) is 6.92 Å². The number of aromatic amines is 1. The maximum atomic E-state index is 14.9. The number of carbonyl (C=O) groups excluding carboxylic acids is 2. The highest BCUT2D eigenvalue weighted by atomic mass is 16.7. The van der Waals surface area contributed by atoms with Crippen LogP contribution in [0.1, 0.15) is 49.2 Å². The number of benzene rings is 6. The van der Waals surface area contributed by atoms with Gasteiger partial charge >= 0.3 is 0 Å². The zero-order chi connectivity index (χ0) is 40.4. The molecule has 2 aromatic heterocycles. The molecule has 2 aliphatic heterocycles. The summed E-state index contributed by atoms with van der Waals surface area (Å²) in [6.07, 6.45) is -5.32. The van der Waals surface area contributed by atoms with Crippen LogP contribution in [0.4, 0.5) is 0 Å². The second-order valence-electron chi connectivity index (χ2n) is 14.9. The fourth-order valence-corrected chi connectivity index (χ4v) is 8.52. The predicted molar refractivity (Wildman–Crippen MR) is 220 cm³/mol. The van der Waals surface area contributed by atoms with Crippen LogP contribution in [-0.4, -0.2) is 66.7 Å². The Morgan fingerprint density at radius 3 is 1.88 bits per heavy atom. The molecule has 2 aliphatic rings. The Kier molecular flexibility index (Phi) is 9.15. The molecule has 12 heteroatoms. The predicted octanol–water partition coefficient (Wildman–Crippen LogP) is 7.23. The van der Waals surface area contributed by atoms with Gasteiger partial charge in [-0.3, -0.25) is 14.4 Å². The first-order valence-electron chi connectivity index (χ1n) is 19.4. The number of aliphatic hydroxyl groups excluding tert-OH is 3. The molecule has 59 heavy (non-hydrogen) atoms. The number of aliphatic hydroxyl groups is 3. The quantitative estimate of drug-likeness (QED) is 0.0994. The highest BCUT2D eigenvalue weighted by Crippen LogP contribution is 2.50. The van der Waals surface area contributed by atoms with Crippen molar-refractivity contribution in [2.75, 3.05) is 6.61 Å². The number of ether oxygens (including phenoxy) is 3. The molecule has 296 valence electrons. The number of fused-ring (bicyclic) bond motifs is 10. The number of imide groups is 1. The first-order chi connectivity index (χ1) is 28.8. The molecule has 0 unspecified atom stereocenters. The molecular formula is C47H39N3O9. The first-order valence-corrected chi connectivity index (χ1v) is 19.4. The summed E-state index contributed by atoms with van der Waals surface area (Å²) in [5, 5.41) is 35.9. The van der Waals surface area contributed by atoms with Crippen molar-refractivity contribution < 1.29 is 44.0 Å². The van der Waals surface area contributed by atoms with Crippen LogP contribution in [0.5, 0.6) is 11.5 Å². The van der Waals surface area contributed by atoms with Crippen molar-refractivity contribution in [3.63, 3.8) is 0 Å². The Hall–Kier alpha value is -6.54. The van der Waals surface area contributed by atoms with Crippen molar-refractivity contribution in [3.8, 4) is 11.5 Å². The van der Waals surface area contributed by atoms with Crippen molar-refractivity contribution >= 4 is 55.4 Å². The Bertz CT molecular complexity index is 2910. The van der Waals surface area contributed by atoms with E-state index in [0.717, 1.165) is 27.3 Å². The number of carbonyl (C=O) groups is 2. The van der Waals surface area contributed by atoms with Crippen LogP contribution >= 0.6 is 0 Å². The smallest absolute Gasteiger partial charge is 0.286 e. The summed E-state index contributed by atoms with van der Waals surface area (Å²) in [5.41, 5.74) is 5.54. The van der Waals surface area contributed by atoms with Gasteiger partial charge in [0.05, 0.1) is 39.8 Å². The highest BCUT2D eigenvalue weighted by molar-refractivity contribution is 6.39. The Morgan fingerprint density at radius 2 is 1.25 bits per heavy atom. The maximum absolute atomic E-state index is 14.9. The summed E-state index contributed by atoms with van der Waals surface area (Å²) in [7, 11) is 0. The van der Waals surface area contributed by atoms with Crippen molar-refractivity contribution in [3.05, 3.63) is 155 Å². The number of aryl methyl sites for hydroxylation is 1. The number of nitrogens with one attached hydrogen (secondary N) is 1. The SMILES string of the molecule is Cc1ccc2c3c4c(c5c6cccc(OCc7ccccc7)c6[nH]c5c3n([C@@H]3O[C@H](CO)[C@@H](O)[C@H]3O)c2c1OCc1ccccc1)C(=O)N(OCc1ccccc1)C4=O. The number of H-pyrrole nitrogens is 1. The van der Waals surface area contributed by atoms with Gasteiger partial charge in [0, 0.05) is 21.5 Å². The zero-order valence-electron chi connectivity index (χ0n) is 31.9. The van der Waals surface area contributed by atoms with Crippen molar-refractivity contribution in [2.45, 2.75) is 51.3 Å². The number of para-hydroxylation sites is 1. The molecule has 8 aromatic rings. The number of hydroxylamine groups is 2. The van der Waals surface area contributed by atoms with E-state index in [4.69, 9.17) is 19.0 Å². The molecule has 12 nitrogen and oxygen atoms in total. The van der Waals surface area contributed by atoms with Gasteiger partial charge in [0.2, 0.25) is 0 Å². The number of hydrogen-bond acceptors (Lipinski definition) is 9. The lowest BCUT2D eigenvalue weighted by Crippen LogP contribution is -2.33. The fraction of sp³-hybridized carbons (Fsp3) is 0.191. The van der Waals surface area contributed by atoms with E-state index in [1.165, 1.54) is 0 Å². The molecule has 2 amide bonds. The molecule has 0 spiro atoms. The minimum atomic E-state index is -1.51. The average Bonchev–Trinajstić information content (AvgIpc) is 3.97. The Balaban J connectivity index is 1.28. The molecule has 4 N–H and O–H groups in total. The average molecular weight is 790 g/mol. The maximum Gasteiger partial charge on any atom is 0.286 e. The van der Waals surface area contributed by atoms with E-state index in [1.54, 1.807) is 4.57 Å². The molecule has 10 rings (SSSR count). The molecule has 0 aliphatic carbocycles. The third-order valence-electron chi connectivity index (χ3n) is 11.3. The van der Waals surface area contributed by atoms with Crippen LogP contribution in [0.2, 0.25) is 0 Å². The van der Waals surface area contributed by atoms with Gasteiger partial charge in [-0.25, -0.2) is 0 Å². The van der Waals surface area contributed by atoms with E-state index in [1.807, 2.05) is 128 Å². The zero-order valence-corrected chi connectivity index (χ0v) is 31.9. The van der Waals surface area contributed by atoms with Gasteiger partial charge in [0.15, 0.2) is 6.23 Å². The number of nitrogens with zero attached hydrogens (tertiary/aromatic N) is 2. The van der Waals surface area contributed by atoms with Gasteiger partial charge in [-0.15, -0.1) is 5.06 Å². The van der Waals surface area contributed by atoms with E-state index >= 15 is 0 Å². The minimum Gasteiger partial charge on any atom is -0.487 e. The highest BCUT2D eigenvalue weighted by Gasteiger charge is 2.48. The lowest BCUT2D eigenvalue weighted by molar-refractivity contribution is -0.100. The van der Waals surface area contributed by atoms with Crippen LogP contribution in [0.3, 0.4) is 0 Å². The number of amides is 2. The molecule has 1 fully saturated rings. The monoisotopic (exact) mass is 789 g/mol. The van der Waals surface area contributed by atoms with Gasteiger partial charge in [0.25, 0.3) is 11.8 Å². The van der Waals surface area contributed by atoms with Crippen LogP contribution in [0.15, 0.2) is 121 Å². The lowest BCUT2D eigenvalue weighted by Gasteiger charge is -2.22. The van der Waals surface area contributed by atoms with Gasteiger partial charge in [-0.2, -0.15) is 0 Å². The van der Waals surface area contributed by atoms with E-state index in [9.17, 15) is 24.9 Å². The summed E-state index contributed by atoms with van der Waals surface area (Å²) in [5.74, 6) is -0.340. The molecule has 4 heterocycles. The summed E-state index contributed by atoms with van der Waals surface area (Å²) < 4.78 is 21.1. The number of hydrogen-bond donors (Lipinski definition) is 4. The molecule has 4 atom stereocenters. The third-order valence-corrected chi connectivity index (χ3v) is 11.3. The standard InChI is InChI=1S/C47H39N3O9/c1-26-20-21-31-35-37-36(45(54)50(46(37)55)58-25-29-16-9-4-10-17-29)34-30-18-11-19-32(56-23-27-12-5-2-6-13-27)38(30)48-39(34)41(35)49(47-43(53)42(52)33(22-51)59-47)40(31)44(26)57-24-28-14-7-3-8-15-28/h2-21,33,42-43,47-48,51-53H,22-25H2,1H3/t33-,42-,43-,47-/m1/s1. The largest absolute Gasteiger partial charge is 0.487 e. The van der Waals surface area contributed by atoms with E-state index in [2.05, 4.69) is 4.98 Å². The second kappa shape index (κ2) is 14.7. The summed E-state index contributed by atoms with van der Waals surface area (Å²) in [6.45, 7) is 1.77. The van der Waals surface area contributed by atoms with E-state index < -0.39 is 43.0 Å². The first kappa shape index (κ1) is 36.8. The van der Waals surface area contributed by atoms with Gasteiger partial charge in [0.1, 0.15) is 49.6 Å².